The van der Waals surface area contributed by atoms with Gasteiger partial charge >= 0.3 is 13.7 Å². The number of benzene rings is 2. The van der Waals surface area contributed by atoms with Crippen molar-refractivity contribution in [3.05, 3.63) is 59.4 Å². The normalized spacial score (nSPS) is 14.9. The molecule has 0 unspecified atom stereocenters. The van der Waals surface area contributed by atoms with E-state index in [1.807, 2.05) is 63.5 Å². The van der Waals surface area contributed by atoms with Crippen LogP contribution in [0.15, 0.2) is 48.5 Å². The highest BCUT2D eigenvalue weighted by Crippen LogP contribution is 2.47. The molecule has 13 heteroatoms. The van der Waals surface area contributed by atoms with E-state index in [0.717, 1.165) is 16.4 Å². The predicted molar refractivity (Wildman–Crippen MR) is 182 cm³/mol. The lowest BCUT2D eigenvalue weighted by molar-refractivity contribution is -0.158. The molecular formula is C33H45ClN5O6P. The topological polar surface area (TPSA) is 140 Å². The lowest BCUT2D eigenvalue weighted by Gasteiger charge is -2.31. The maximum atomic E-state index is 14.7. The number of para-hydroxylation sites is 1. The van der Waals surface area contributed by atoms with Gasteiger partial charge < -0.3 is 24.3 Å². The van der Waals surface area contributed by atoms with Gasteiger partial charge in [-0.25, -0.2) is 14.5 Å². The molecule has 11 nitrogen and oxygen atoms in total. The summed E-state index contributed by atoms with van der Waals surface area (Å²) in [6.45, 7) is 15.6. The summed E-state index contributed by atoms with van der Waals surface area (Å²) in [5.41, 5.74) is 7.70. The molecule has 0 spiro atoms. The van der Waals surface area contributed by atoms with Crippen LogP contribution in [0.25, 0.3) is 21.9 Å². The van der Waals surface area contributed by atoms with E-state index in [1.165, 1.54) is 0 Å². The quantitative estimate of drug-likeness (QED) is 0.101. The summed E-state index contributed by atoms with van der Waals surface area (Å²) < 4.78 is 40.4. The fraction of sp³-hybridized carbons (Fsp3) is 0.485. The number of fused-ring (bicyclic) bond motifs is 3. The molecule has 2 aromatic heterocycles. The largest absolute Gasteiger partial charge is 0.459 e. The van der Waals surface area contributed by atoms with Crippen LogP contribution in [-0.2, 0) is 30.0 Å². The third-order valence-electron chi connectivity index (χ3n) is 7.24. The van der Waals surface area contributed by atoms with Gasteiger partial charge in [0.25, 0.3) is 0 Å². The Morgan fingerprint density at radius 2 is 1.72 bits per heavy atom. The Morgan fingerprint density at radius 3 is 2.33 bits per heavy atom. The third kappa shape index (κ3) is 8.57. The monoisotopic (exact) mass is 673 g/mol. The summed E-state index contributed by atoms with van der Waals surface area (Å²) in [7, 11) is -4.23. The summed E-state index contributed by atoms with van der Waals surface area (Å²) in [5, 5.41) is 4.25. The fourth-order valence-electron chi connectivity index (χ4n) is 4.99. The zero-order valence-corrected chi connectivity index (χ0v) is 29.4. The average molecular weight is 674 g/mol. The number of carbonyl (C=O) groups is 1. The number of carbonyl (C=O) groups excluding carboxylic acids is 1. The number of rotatable bonds is 14. The molecule has 0 aliphatic rings. The van der Waals surface area contributed by atoms with E-state index in [-0.39, 0.29) is 30.8 Å². The molecule has 3 N–H and O–H groups in total. The maximum Gasteiger partial charge on any atom is 0.459 e. The third-order valence-corrected chi connectivity index (χ3v) is 9.03. The minimum absolute atomic E-state index is 0.0401. The zero-order valence-electron chi connectivity index (χ0n) is 27.7. The second-order valence-corrected chi connectivity index (χ2v) is 14.9. The van der Waals surface area contributed by atoms with Crippen LogP contribution < -0.4 is 15.3 Å². The lowest BCUT2D eigenvalue weighted by atomic mass is 10.0. The van der Waals surface area contributed by atoms with Crippen molar-refractivity contribution >= 4 is 53.1 Å². The number of halogens is 1. The smallest absolute Gasteiger partial charge is 0.459 e. The molecule has 0 aliphatic carbocycles. The van der Waals surface area contributed by atoms with E-state index in [4.69, 9.17) is 40.8 Å². The lowest BCUT2D eigenvalue weighted by Crippen LogP contribution is -2.44. The summed E-state index contributed by atoms with van der Waals surface area (Å²) in [6.07, 6.45) is 0. The van der Waals surface area contributed by atoms with Crippen LogP contribution in [0.4, 0.5) is 5.82 Å². The van der Waals surface area contributed by atoms with Crippen LogP contribution in [0.1, 0.15) is 67.3 Å². The Hall–Kier alpha value is -3.21. The molecule has 0 saturated heterocycles. The Balaban J connectivity index is 1.79. The molecule has 0 saturated carbocycles. The molecule has 3 atom stereocenters. The first kappa shape index (κ1) is 35.6. The van der Waals surface area contributed by atoms with Gasteiger partial charge in [-0.05, 0) is 69.9 Å². The number of esters is 1. The van der Waals surface area contributed by atoms with Crippen molar-refractivity contribution in [3.8, 4) is 5.75 Å². The van der Waals surface area contributed by atoms with Crippen molar-refractivity contribution < 1.29 is 27.9 Å². The number of ether oxygens (including phenoxy) is 2. The molecular weight excluding hydrogens is 629 g/mol. The van der Waals surface area contributed by atoms with Gasteiger partial charge in [0.15, 0.2) is 5.82 Å². The highest BCUT2D eigenvalue weighted by atomic mass is 35.5. The molecule has 0 bridgehead atoms. The Bertz CT molecular complexity index is 1700. The van der Waals surface area contributed by atoms with Gasteiger partial charge in [0.05, 0.1) is 23.7 Å². The number of hydrogen-bond donors (Lipinski definition) is 2. The summed E-state index contributed by atoms with van der Waals surface area (Å²) in [4.78, 5) is 22.7. The Labute approximate surface area is 275 Å². The molecule has 2 heterocycles. The fourth-order valence-corrected chi connectivity index (χ4v) is 6.79. The van der Waals surface area contributed by atoms with Crippen LogP contribution in [-0.4, -0.2) is 45.4 Å². The van der Waals surface area contributed by atoms with Crippen LogP contribution >= 0.6 is 19.3 Å². The number of nitrogens with one attached hydrogen (secondary N) is 1. The average Bonchev–Trinajstić information content (AvgIpc) is 3.35. The van der Waals surface area contributed by atoms with Crippen LogP contribution in [0.3, 0.4) is 0 Å². The summed E-state index contributed by atoms with van der Waals surface area (Å²) in [5.74, 6) is 0.257. The van der Waals surface area contributed by atoms with E-state index < -0.39 is 31.4 Å². The van der Waals surface area contributed by atoms with Gasteiger partial charge in [-0.15, -0.1) is 0 Å². The van der Waals surface area contributed by atoms with E-state index in [0.29, 0.717) is 28.8 Å². The standard InChI is InChI=1S/C33H45ClN5O6P/c1-9-42-19-27-37-29-30(24-12-10-11-13-25(24)36-31(29)35)39(27)26(20(2)3)18-43-46(41,45-23-16-14-22(34)15-17-23)38-28(21(4)5)32(40)44-33(6,7)8/h10-17,20-21,26,28H,9,18-19H2,1-8H3,(H2,35,36)(H,38,41)/t26-,28-,46-/m0/s1. The summed E-state index contributed by atoms with van der Waals surface area (Å²) >= 11 is 6.09. The first-order valence-electron chi connectivity index (χ1n) is 15.5. The van der Waals surface area contributed by atoms with Crippen molar-refractivity contribution in [1.82, 2.24) is 19.6 Å². The van der Waals surface area contributed by atoms with Crippen molar-refractivity contribution in [2.24, 2.45) is 11.8 Å². The van der Waals surface area contributed by atoms with Crippen LogP contribution in [0.2, 0.25) is 5.02 Å². The van der Waals surface area contributed by atoms with Gasteiger partial charge in [-0.3, -0.25) is 9.32 Å². The Morgan fingerprint density at radius 1 is 1.04 bits per heavy atom. The molecule has 4 aromatic rings. The number of nitrogens with two attached hydrogens (primary N) is 1. The van der Waals surface area contributed by atoms with Gasteiger partial charge in [-0.2, -0.15) is 5.09 Å². The minimum Gasteiger partial charge on any atom is -0.459 e. The number of pyridine rings is 1. The highest BCUT2D eigenvalue weighted by molar-refractivity contribution is 7.52. The predicted octanol–water partition coefficient (Wildman–Crippen LogP) is 7.71. The number of nitrogen functional groups attached to an aromatic ring is 1. The number of anilines is 1. The molecule has 0 radical (unpaired) electrons. The van der Waals surface area contributed by atoms with E-state index in [1.54, 1.807) is 45.0 Å². The first-order valence-corrected chi connectivity index (χ1v) is 17.4. The molecule has 2 aromatic carbocycles. The van der Waals surface area contributed by atoms with Crippen molar-refractivity contribution in [2.75, 3.05) is 18.9 Å². The van der Waals surface area contributed by atoms with Gasteiger partial charge in [0, 0.05) is 17.0 Å². The van der Waals surface area contributed by atoms with Crippen LogP contribution in [0.5, 0.6) is 5.75 Å². The maximum absolute atomic E-state index is 14.7. The summed E-state index contributed by atoms with van der Waals surface area (Å²) in [6, 6.07) is 12.7. The van der Waals surface area contributed by atoms with E-state index >= 15 is 0 Å². The number of hydrogen-bond acceptors (Lipinski definition) is 9. The van der Waals surface area contributed by atoms with E-state index in [9.17, 15) is 9.36 Å². The Kier molecular flexibility index (Phi) is 11.4. The second kappa shape index (κ2) is 14.7. The molecule has 0 fully saturated rings. The van der Waals surface area contributed by atoms with Crippen molar-refractivity contribution in [3.63, 3.8) is 0 Å². The minimum atomic E-state index is -4.23. The van der Waals surface area contributed by atoms with Gasteiger partial charge in [0.1, 0.15) is 35.3 Å². The molecule has 250 valence electrons. The molecule has 0 amide bonds. The molecule has 0 aliphatic heterocycles. The first-order chi connectivity index (χ1) is 21.6. The van der Waals surface area contributed by atoms with Gasteiger partial charge in [-0.1, -0.05) is 57.5 Å². The molecule has 46 heavy (non-hydrogen) atoms. The number of nitrogens with zero attached hydrogens (tertiary/aromatic N) is 3. The van der Waals surface area contributed by atoms with E-state index in [2.05, 4.69) is 10.1 Å². The second-order valence-electron chi connectivity index (χ2n) is 12.8. The number of aromatic nitrogens is 3. The van der Waals surface area contributed by atoms with Gasteiger partial charge in [0.2, 0.25) is 0 Å². The SMILES string of the molecule is CCOCc1nc2c(N)nc3ccccc3c2n1[C@@H](CO[P@@](=O)(N[C@H](C(=O)OC(C)(C)C)C(C)C)Oc1ccc(Cl)cc1)C(C)C. The van der Waals surface area contributed by atoms with Crippen molar-refractivity contribution in [1.29, 1.82) is 0 Å². The zero-order chi connectivity index (χ0) is 33.8. The van der Waals surface area contributed by atoms with Crippen molar-refractivity contribution in [2.45, 2.75) is 79.7 Å². The molecule has 4 rings (SSSR count). The number of imidazole rings is 1. The van der Waals surface area contributed by atoms with Crippen LogP contribution in [0, 0.1) is 11.8 Å². The highest BCUT2D eigenvalue weighted by Gasteiger charge is 2.39.